The van der Waals surface area contributed by atoms with Crippen molar-refractivity contribution in [1.29, 1.82) is 15.8 Å². The number of nitrogens with one attached hydrogen (secondary N) is 1. The molecule has 6 heteroatoms. The van der Waals surface area contributed by atoms with E-state index in [1.54, 1.807) is 42.5 Å². The fraction of sp³-hybridized carbons (Fsp3) is 0.143. The van der Waals surface area contributed by atoms with Crippen molar-refractivity contribution >= 4 is 11.7 Å². The van der Waals surface area contributed by atoms with Gasteiger partial charge in [0, 0.05) is 12.1 Å². The summed E-state index contributed by atoms with van der Waals surface area (Å²) in [5.74, 6) is -0.866. The fourth-order valence-corrected chi connectivity index (χ4v) is 1.43. The van der Waals surface area contributed by atoms with Gasteiger partial charge in [0.25, 0.3) is 0 Å². The van der Waals surface area contributed by atoms with Crippen molar-refractivity contribution in [3.63, 3.8) is 0 Å². The minimum atomic E-state index is -0.866. The first kappa shape index (κ1) is 14.8. The quantitative estimate of drug-likeness (QED) is 0.785. The van der Waals surface area contributed by atoms with E-state index in [2.05, 4.69) is 5.32 Å². The van der Waals surface area contributed by atoms with Crippen LogP contribution in [0.5, 0.6) is 0 Å². The van der Waals surface area contributed by atoms with Crippen molar-refractivity contribution in [2.24, 2.45) is 0 Å². The van der Waals surface area contributed by atoms with Crippen molar-refractivity contribution in [1.82, 2.24) is 0 Å². The SMILES string of the molecule is N#CC(C#N)=C(C#N)Nc1ccc(CCC(=O)O)cc1. The van der Waals surface area contributed by atoms with Gasteiger partial charge in [0.2, 0.25) is 0 Å². The van der Waals surface area contributed by atoms with E-state index < -0.39 is 5.97 Å². The normalized spacial score (nSPS) is 8.65. The van der Waals surface area contributed by atoms with Crippen LogP contribution in [0.15, 0.2) is 35.5 Å². The molecule has 1 aromatic rings. The molecule has 1 rings (SSSR count). The Balaban J connectivity index is 2.83. The van der Waals surface area contributed by atoms with E-state index in [9.17, 15) is 4.79 Å². The summed E-state index contributed by atoms with van der Waals surface area (Å²) in [7, 11) is 0. The van der Waals surface area contributed by atoms with Crippen LogP contribution in [0.25, 0.3) is 0 Å². The first-order valence-electron chi connectivity index (χ1n) is 5.63. The topological polar surface area (TPSA) is 121 Å². The largest absolute Gasteiger partial charge is 0.481 e. The van der Waals surface area contributed by atoms with E-state index in [0.717, 1.165) is 5.56 Å². The van der Waals surface area contributed by atoms with Gasteiger partial charge in [0.05, 0.1) is 0 Å². The maximum absolute atomic E-state index is 10.4. The standard InChI is InChI=1S/C14H10N4O2/c15-7-11(8-16)13(9-17)18-12-4-1-10(2-5-12)3-6-14(19)20/h1-2,4-5,18H,3,6H2,(H,19,20). The highest BCUT2D eigenvalue weighted by atomic mass is 16.4. The molecule has 0 saturated carbocycles. The van der Waals surface area contributed by atoms with Gasteiger partial charge in [-0.2, -0.15) is 15.8 Å². The minimum absolute atomic E-state index is 0.0448. The highest BCUT2D eigenvalue weighted by Crippen LogP contribution is 2.14. The number of nitriles is 3. The van der Waals surface area contributed by atoms with Crippen LogP contribution in [-0.2, 0) is 11.2 Å². The zero-order valence-electron chi connectivity index (χ0n) is 10.4. The van der Waals surface area contributed by atoms with Gasteiger partial charge >= 0.3 is 5.97 Å². The summed E-state index contributed by atoms with van der Waals surface area (Å²) in [5.41, 5.74) is 0.987. The van der Waals surface area contributed by atoms with Crippen LogP contribution in [0.2, 0.25) is 0 Å². The molecule has 0 amide bonds. The first-order chi connectivity index (χ1) is 9.60. The number of aryl methyl sites for hydroxylation is 1. The summed E-state index contributed by atoms with van der Waals surface area (Å²) in [6.07, 6.45) is 0.460. The highest BCUT2D eigenvalue weighted by molar-refractivity contribution is 5.67. The van der Waals surface area contributed by atoms with Crippen LogP contribution >= 0.6 is 0 Å². The highest BCUT2D eigenvalue weighted by Gasteiger charge is 2.06. The number of aliphatic carboxylic acids is 1. The lowest BCUT2D eigenvalue weighted by atomic mass is 10.1. The van der Waals surface area contributed by atoms with Gasteiger partial charge in [-0.25, -0.2) is 0 Å². The molecule has 0 unspecified atom stereocenters. The number of hydrogen-bond donors (Lipinski definition) is 2. The van der Waals surface area contributed by atoms with Crippen LogP contribution in [0, 0.1) is 34.0 Å². The molecule has 0 aliphatic carbocycles. The Morgan fingerprint density at radius 3 is 2.15 bits per heavy atom. The summed E-state index contributed by atoms with van der Waals surface area (Å²) >= 11 is 0. The number of rotatable bonds is 5. The summed E-state index contributed by atoms with van der Waals surface area (Å²) in [6, 6.07) is 11.8. The molecule has 0 fully saturated rings. The average molecular weight is 266 g/mol. The second-order valence-electron chi connectivity index (χ2n) is 3.80. The predicted molar refractivity (Wildman–Crippen MR) is 69.9 cm³/mol. The van der Waals surface area contributed by atoms with E-state index in [-0.39, 0.29) is 17.7 Å². The van der Waals surface area contributed by atoms with Crippen LogP contribution in [0.3, 0.4) is 0 Å². The van der Waals surface area contributed by atoms with Crippen molar-refractivity contribution in [3.05, 3.63) is 41.1 Å². The Bertz CT molecular complexity index is 638. The number of benzene rings is 1. The van der Waals surface area contributed by atoms with E-state index in [4.69, 9.17) is 20.9 Å². The Morgan fingerprint density at radius 2 is 1.70 bits per heavy atom. The number of nitrogens with zero attached hydrogens (tertiary/aromatic N) is 3. The van der Waals surface area contributed by atoms with Gasteiger partial charge < -0.3 is 10.4 Å². The number of hydrogen-bond acceptors (Lipinski definition) is 5. The monoisotopic (exact) mass is 266 g/mol. The van der Waals surface area contributed by atoms with Crippen molar-refractivity contribution in [2.45, 2.75) is 12.8 Å². The van der Waals surface area contributed by atoms with Gasteiger partial charge in [-0.05, 0) is 24.1 Å². The number of carboxylic acids is 1. The number of allylic oxidation sites excluding steroid dienone is 2. The second kappa shape index (κ2) is 7.20. The molecule has 6 nitrogen and oxygen atoms in total. The van der Waals surface area contributed by atoms with Gasteiger partial charge in [0.15, 0.2) is 5.57 Å². The average Bonchev–Trinajstić information content (AvgIpc) is 2.46. The molecule has 0 spiro atoms. The molecule has 1 aromatic carbocycles. The maximum atomic E-state index is 10.4. The lowest BCUT2D eigenvalue weighted by molar-refractivity contribution is -0.136. The number of carbonyl (C=O) groups is 1. The van der Waals surface area contributed by atoms with Gasteiger partial charge in [0.1, 0.15) is 23.9 Å². The van der Waals surface area contributed by atoms with Crippen LogP contribution in [-0.4, -0.2) is 11.1 Å². The van der Waals surface area contributed by atoms with E-state index >= 15 is 0 Å². The fourth-order valence-electron chi connectivity index (χ4n) is 1.43. The number of carboxylic acid groups (broad SMARTS) is 1. The molecule has 0 atom stereocenters. The third kappa shape index (κ3) is 4.18. The third-order valence-corrected chi connectivity index (χ3v) is 2.44. The summed E-state index contributed by atoms with van der Waals surface area (Å²) < 4.78 is 0. The zero-order chi connectivity index (χ0) is 15.0. The molecule has 20 heavy (non-hydrogen) atoms. The molecule has 0 aromatic heterocycles. The van der Waals surface area contributed by atoms with Gasteiger partial charge in [-0.3, -0.25) is 4.79 Å². The van der Waals surface area contributed by atoms with E-state index in [0.29, 0.717) is 12.1 Å². The van der Waals surface area contributed by atoms with Crippen LogP contribution in [0.1, 0.15) is 12.0 Å². The second-order valence-corrected chi connectivity index (χ2v) is 3.80. The third-order valence-electron chi connectivity index (χ3n) is 2.44. The molecular formula is C14H10N4O2. The van der Waals surface area contributed by atoms with E-state index in [1.807, 2.05) is 0 Å². The van der Waals surface area contributed by atoms with Crippen LogP contribution < -0.4 is 5.32 Å². The maximum Gasteiger partial charge on any atom is 0.303 e. The van der Waals surface area contributed by atoms with Crippen molar-refractivity contribution in [3.8, 4) is 18.2 Å². The molecule has 2 N–H and O–H groups in total. The summed E-state index contributed by atoms with van der Waals surface area (Å²) in [4.78, 5) is 10.4. The predicted octanol–water partition coefficient (Wildman–Crippen LogP) is 1.94. The lowest BCUT2D eigenvalue weighted by Gasteiger charge is -2.05. The van der Waals surface area contributed by atoms with Gasteiger partial charge in [-0.1, -0.05) is 12.1 Å². The molecule has 0 aliphatic rings. The molecule has 0 aliphatic heterocycles. The van der Waals surface area contributed by atoms with E-state index in [1.165, 1.54) is 0 Å². The first-order valence-corrected chi connectivity index (χ1v) is 5.63. The molecule has 0 radical (unpaired) electrons. The summed E-state index contributed by atoms with van der Waals surface area (Å²) in [6.45, 7) is 0. The molecule has 0 bridgehead atoms. The molecule has 98 valence electrons. The van der Waals surface area contributed by atoms with Crippen LogP contribution in [0.4, 0.5) is 5.69 Å². The number of anilines is 1. The Labute approximate surface area is 115 Å². The van der Waals surface area contributed by atoms with Crippen molar-refractivity contribution < 1.29 is 9.90 Å². The summed E-state index contributed by atoms with van der Waals surface area (Å²) in [5, 5.41) is 37.5. The Kier molecular flexibility index (Phi) is 5.32. The smallest absolute Gasteiger partial charge is 0.303 e. The molecular weight excluding hydrogens is 256 g/mol. The van der Waals surface area contributed by atoms with Gasteiger partial charge in [-0.15, -0.1) is 0 Å². The zero-order valence-corrected chi connectivity index (χ0v) is 10.4. The minimum Gasteiger partial charge on any atom is -0.481 e. The Hall–Kier alpha value is -3.30. The molecule has 0 heterocycles. The van der Waals surface area contributed by atoms with Crippen molar-refractivity contribution in [2.75, 3.05) is 5.32 Å². The lowest BCUT2D eigenvalue weighted by Crippen LogP contribution is -2.01. The molecule has 0 saturated heterocycles. The Morgan fingerprint density at radius 1 is 1.10 bits per heavy atom.